The van der Waals surface area contributed by atoms with Gasteiger partial charge in [0.25, 0.3) is 0 Å². The first-order valence-electron chi connectivity index (χ1n) is 8.81. The molecule has 1 heterocycles. The molecule has 3 aromatic rings. The monoisotopic (exact) mass is 320 g/mol. The second-order valence-electron chi connectivity index (χ2n) is 6.34. The highest BCUT2D eigenvalue weighted by atomic mass is 16.1. The standard InChI is InChI=1S/C21H24N2O/c1-2-3-5-12-17(15-20(24)16-10-6-4-7-11-16)21-18-13-8-9-14-19(18)22-23-21/h4,6-11,13-14,17H,2-3,5,12,15H2,1H3,(H,22,23). The maximum Gasteiger partial charge on any atom is 0.163 e. The molecule has 0 aliphatic carbocycles. The Morgan fingerprint density at radius 2 is 1.79 bits per heavy atom. The van der Waals surface area contributed by atoms with Crippen molar-refractivity contribution >= 4 is 16.7 Å². The third-order valence-corrected chi connectivity index (χ3v) is 4.58. The summed E-state index contributed by atoms with van der Waals surface area (Å²) in [4.78, 5) is 12.7. The number of H-pyrrole nitrogens is 1. The zero-order chi connectivity index (χ0) is 16.8. The van der Waals surface area contributed by atoms with Gasteiger partial charge in [-0.1, -0.05) is 74.7 Å². The van der Waals surface area contributed by atoms with Crippen LogP contribution in [-0.4, -0.2) is 16.0 Å². The van der Waals surface area contributed by atoms with Crippen LogP contribution in [0.2, 0.25) is 0 Å². The number of nitrogens with one attached hydrogen (secondary N) is 1. The molecule has 1 atom stereocenters. The summed E-state index contributed by atoms with van der Waals surface area (Å²) in [6.07, 6.45) is 5.06. The molecular formula is C21H24N2O. The molecule has 3 heteroatoms. The minimum atomic E-state index is 0.191. The normalized spacial score (nSPS) is 12.4. The summed E-state index contributed by atoms with van der Waals surface area (Å²) in [5, 5.41) is 8.75. The molecule has 124 valence electrons. The Bertz CT molecular complexity index is 792. The number of hydrogen-bond donors (Lipinski definition) is 1. The molecule has 0 bridgehead atoms. The Morgan fingerprint density at radius 1 is 1.04 bits per heavy atom. The molecule has 24 heavy (non-hydrogen) atoms. The fraction of sp³-hybridized carbons (Fsp3) is 0.333. The van der Waals surface area contributed by atoms with Crippen molar-refractivity contribution in [3.8, 4) is 0 Å². The van der Waals surface area contributed by atoms with Gasteiger partial charge < -0.3 is 0 Å². The number of unbranched alkanes of at least 4 members (excludes halogenated alkanes) is 2. The van der Waals surface area contributed by atoms with Crippen molar-refractivity contribution in [3.63, 3.8) is 0 Å². The number of rotatable bonds is 8. The number of aromatic amines is 1. The van der Waals surface area contributed by atoms with E-state index in [9.17, 15) is 4.79 Å². The number of aromatic nitrogens is 2. The number of fused-ring (bicyclic) bond motifs is 1. The summed E-state index contributed by atoms with van der Waals surface area (Å²) < 4.78 is 0. The first-order valence-corrected chi connectivity index (χ1v) is 8.81. The van der Waals surface area contributed by atoms with Crippen LogP contribution in [0.25, 0.3) is 10.9 Å². The van der Waals surface area contributed by atoms with Gasteiger partial charge in [0.1, 0.15) is 0 Å². The minimum absolute atomic E-state index is 0.191. The van der Waals surface area contributed by atoms with Gasteiger partial charge in [-0.05, 0) is 12.5 Å². The largest absolute Gasteiger partial charge is 0.294 e. The third-order valence-electron chi connectivity index (χ3n) is 4.58. The quantitative estimate of drug-likeness (QED) is 0.440. The Labute approximate surface area is 143 Å². The fourth-order valence-electron chi connectivity index (χ4n) is 3.25. The highest BCUT2D eigenvalue weighted by Crippen LogP contribution is 2.31. The van der Waals surface area contributed by atoms with E-state index in [4.69, 9.17) is 0 Å². The van der Waals surface area contributed by atoms with E-state index in [-0.39, 0.29) is 11.7 Å². The van der Waals surface area contributed by atoms with Gasteiger partial charge in [0, 0.05) is 29.0 Å². The van der Waals surface area contributed by atoms with Gasteiger partial charge in [-0.3, -0.25) is 9.89 Å². The van der Waals surface area contributed by atoms with E-state index in [1.54, 1.807) is 0 Å². The van der Waals surface area contributed by atoms with Crippen molar-refractivity contribution in [1.82, 2.24) is 10.2 Å². The van der Waals surface area contributed by atoms with Crippen LogP contribution in [0, 0.1) is 0 Å². The van der Waals surface area contributed by atoms with Crippen molar-refractivity contribution in [1.29, 1.82) is 0 Å². The van der Waals surface area contributed by atoms with Gasteiger partial charge in [0.05, 0.1) is 5.52 Å². The molecule has 0 aliphatic heterocycles. The van der Waals surface area contributed by atoms with E-state index in [0.29, 0.717) is 6.42 Å². The smallest absolute Gasteiger partial charge is 0.163 e. The predicted molar refractivity (Wildman–Crippen MR) is 98.4 cm³/mol. The van der Waals surface area contributed by atoms with E-state index in [1.807, 2.05) is 48.5 Å². The molecule has 0 saturated carbocycles. The predicted octanol–water partition coefficient (Wildman–Crippen LogP) is 5.50. The number of nitrogens with zero attached hydrogens (tertiary/aromatic N) is 1. The molecule has 0 radical (unpaired) electrons. The highest BCUT2D eigenvalue weighted by Gasteiger charge is 2.20. The maximum atomic E-state index is 12.7. The molecule has 0 saturated heterocycles. The third kappa shape index (κ3) is 3.73. The Kier molecular flexibility index (Phi) is 5.42. The van der Waals surface area contributed by atoms with Crippen molar-refractivity contribution < 1.29 is 4.79 Å². The molecular weight excluding hydrogens is 296 g/mol. The highest BCUT2D eigenvalue weighted by molar-refractivity contribution is 5.96. The average Bonchev–Trinajstić information content (AvgIpc) is 3.06. The second-order valence-corrected chi connectivity index (χ2v) is 6.34. The zero-order valence-corrected chi connectivity index (χ0v) is 14.2. The molecule has 1 N–H and O–H groups in total. The summed E-state index contributed by atoms with van der Waals surface area (Å²) in [6, 6.07) is 17.7. The lowest BCUT2D eigenvalue weighted by molar-refractivity contribution is 0.0971. The van der Waals surface area contributed by atoms with Gasteiger partial charge in [0.15, 0.2) is 5.78 Å². The SMILES string of the molecule is CCCCCC(CC(=O)c1ccccc1)c1[nH]nc2ccccc12. The van der Waals surface area contributed by atoms with Gasteiger partial charge in [-0.15, -0.1) is 0 Å². The van der Waals surface area contributed by atoms with Crippen LogP contribution in [0.1, 0.15) is 61.0 Å². The first-order chi connectivity index (χ1) is 11.8. The van der Waals surface area contributed by atoms with Crippen molar-refractivity contribution in [2.45, 2.75) is 44.9 Å². The van der Waals surface area contributed by atoms with E-state index in [1.165, 1.54) is 12.8 Å². The van der Waals surface area contributed by atoms with Crippen LogP contribution in [0.15, 0.2) is 54.6 Å². The lowest BCUT2D eigenvalue weighted by atomic mass is 9.89. The molecule has 2 aromatic carbocycles. The minimum Gasteiger partial charge on any atom is -0.294 e. The van der Waals surface area contributed by atoms with E-state index in [2.05, 4.69) is 23.2 Å². The van der Waals surface area contributed by atoms with Gasteiger partial charge in [-0.2, -0.15) is 5.10 Å². The fourth-order valence-corrected chi connectivity index (χ4v) is 3.25. The van der Waals surface area contributed by atoms with Gasteiger partial charge >= 0.3 is 0 Å². The van der Waals surface area contributed by atoms with E-state index >= 15 is 0 Å². The summed E-state index contributed by atoms with van der Waals surface area (Å²) in [5.41, 5.74) is 2.87. The molecule has 0 amide bonds. The van der Waals surface area contributed by atoms with Crippen LogP contribution in [0.5, 0.6) is 0 Å². The lowest BCUT2D eigenvalue weighted by Crippen LogP contribution is -2.09. The van der Waals surface area contributed by atoms with E-state index in [0.717, 1.165) is 35.0 Å². The number of benzene rings is 2. The second kappa shape index (κ2) is 7.91. The average molecular weight is 320 g/mol. The number of para-hydroxylation sites is 1. The van der Waals surface area contributed by atoms with Crippen LogP contribution >= 0.6 is 0 Å². The van der Waals surface area contributed by atoms with Crippen molar-refractivity contribution in [2.24, 2.45) is 0 Å². The molecule has 1 unspecified atom stereocenters. The Morgan fingerprint density at radius 3 is 2.58 bits per heavy atom. The van der Waals surface area contributed by atoms with Gasteiger partial charge in [0.2, 0.25) is 0 Å². The molecule has 0 fully saturated rings. The number of hydrogen-bond acceptors (Lipinski definition) is 2. The van der Waals surface area contributed by atoms with E-state index < -0.39 is 0 Å². The molecule has 0 spiro atoms. The molecule has 1 aromatic heterocycles. The summed E-state index contributed by atoms with van der Waals surface area (Å²) >= 11 is 0. The summed E-state index contributed by atoms with van der Waals surface area (Å²) in [5.74, 6) is 0.396. The summed E-state index contributed by atoms with van der Waals surface area (Å²) in [7, 11) is 0. The first kappa shape index (κ1) is 16.4. The number of ketones is 1. The lowest BCUT2D eigenvalue weighted by Gasteiger charge is -2.15. The molecule has 3 nitrogen and oxygen atoms in total. The maximum absolute atomic E-state index is 12.7. The van der Waals surface area contributed by atoms with Crippen molar-refractivity contribution in [2.75, 3.05) is 0 Å². The molecule has 0 aliphatic rings. The Balaban J connectivity index is 1.84. The number of Topliss-reactive ketones (excluding diaryl/α,β-unsaturated/α-hetero) is 1. The van der Waals surface area contributed by atoms with Crippen LogP contribution in [0.3, 0.4) is 0 Å². The van der Waals surface area contributed by atoms with Gasteiger partial charge in [-0.25, -0.2) is 0 Å². The van der Waals surface area contributed by atoms with Crippen LogP contribution < -0.4 is 0 Å². The summed E-state index contributed by atoms with van der Waals surface area (Å²) in [6.45, 7) is 2.20. The van der Waals surface area contributed by atoms with Crippen LogP contribution in [0.4, 0.5) is 0 Å². The van der Waals surface area contributed by atoms with Crippen molar-refractivity contribution in [3.05, 3.63) is 65.9 Å². The number of carbonyl (C=O) groups is 1. The zero-order valence-electron chi connectivity index (χ0n) is 14.2. The Hall–Kier alpha value is -2.42. The van der Waals surface area contributed by atoms with Crippen LogP contribution in [-0.2, 0) is 0 Å². The molecule has 3 rings (SSSR count). The number of carbonyl (C=O) groups excluding carboxylic acids is 1. The topological polar surface area (TPSA) is 45.8 Å².